The average Bonchev–Trinajstić information content (AvgIpc) is 3.52. The van der Waals surface area contributed by atoms with E-state index in [9.17, 15) is 24.3 Å². The average molecular weight is 479 g/mol. The summed E-state index contributed by atoms with van der Waals surface area (Å²) in [6.45, 7) is 3.35. The molecule has 2 aromatic heterocycles. The first-order valence-corrected chi connectivity index (χ1v) is 10.7. The van der Waals surface area contributed by atoms with Crippen LogP contribution in [-0.2, 0) is 16.1 Å². The van der Waals surface area contributed by atoms with Gasteiger partial charge in [-0.2, -0.15) is 0 Å². The monoisotopic (exact) mass is 479 g/mol. The fourth-order valence-electron chi connectivity index (χ4n) is 3.43. The Morgan fingerprint density at radius 1 is 0.971 bits per heavy atom. The summed E-state index contributed by atoms with van der Waals surface area (Å²) in [5.41, 5.74) is 2.32. The van der Waals surface area contributed by atoms with Gasteiger partial charge in [0.15, 0.2) is 5.76 Å². The molecule has 3 aromatic rings. The number of carboxylic acids is 1. The van der Waals surface area contributed by atoms with Crippen LogP contribution in [-0.4, -0.2) is 41.4 Å². The summed E-state index contributed by atoms with van der Waals surface area (Å²) >= 11 is 0. The van der Waals surface area contributed by atoms with Gasteiger partial charge in [0.1, 0.15) is 11.8 Å². The lowest BCUT2D eigenvalue weighted by Gasteiger charge is -2.18. The Bertz CT molecular complexity index is 1200. The van der Waals surface area contributed by atoms with E-state index in [0.717, 1.165) is 5.56 Å². The van der Waals surface area contributed by atoms with Crippen LogP contribution in [0.25, 0.3) is 6.08 Å². The van der Waals surface area contributed by atoms with E-state index in [1.165, 1.54) is 30.7 Å². The summed E-state index contributed by atoms with van der Waals surface area (Å²) in [7, 11) is 0. The minimum Gasteiger partial charge on any atom is -0.480 e. The summed E-state index contributed by atoms with van der Waals surface area (Å²) < 4.78 is 10.1. The van der Waals surface area contributed by atoms with Crippen molar-refractivity contribution >= 4 is 29.8 Å². The van der Waals surface area contributed by atoms with E-state index < -0.39 is 23.8 Å². The Labute approximate surface area is 201 Å². The van der Waals surface area contributed by atoms with Crippen molar-refractivity contribution in [2.75, 3.05) is 6.54 Å². The highest BCUT2D eigenvalue weighted by Gasteiger charge is 2.24. The number of carboxylic acid groups (broad SMARTS) is 1. The predicted molar refractivity (Wildman–Crippen MR) is 125 cm³/mol. The molecule has 0 saturated heterocycles. The molecule has 0 aliphatic heterocycles. The number of carbonyl (C=O) groups excluding carboxylic acids is 3. The van der Waals surface area contributed by atoms with Gasteiger partial charge in [-0.15, -0.1) is 0 Å². The second-order valence-electron chi connectivity index (χ2n) is 7.72. The quantitative estimate of drug-likeness (QED) is 0.326. The Balaban J connectivity index is 1.60. The lowest BCUT2D eigenvalue weighted by molar-refractivity contribution is -0.139. The Morgan fingerprint density at radius 3 is 2.26 bits per heavy atom. The number of furan rings is 2. The van der Waals surface area contributed by atoms with Gasteiger partial charge in [0.05, 0.1) is 12.5 Å². The highest BCUT2D eigenvalue weighted by molar-refractivity contribution is 5.99. The summed E-state index contributed by atoms with van der Waals surface area (Å²) in [5, 5.41) is 17.1. The van der Waals surface area contributed by atoms with Crippen LogP contribution in [0, 0.1) is 13.8 Å². The smallest absolute Gasteiger partial charge is 0.328 e. The first kappa shape index (κ1) is 25.0. The summed E-state index contributed by atoms with van der Waals surface area (Å²) in [6.07, 6.45) is 5.74. The molecule has 0 radical (unpaired) electrons. The molecule has 0 saturated carbocycles. The molecule has 2 heterocycles. The van der Waals surface area contributed by atoms with Crippen LogP contribution in [0.2, 0.25) is 0 Å². The van der Waals surface area contributed by atoms with E-state index in [4.69, 9.17) is 8.83 Å². The first-order chi connectivity index (χ1) is 16.7. The van der Waals surface area contributed by atoms with Crippen molar-refractivity contribution in [3.63, 3.8) is 0 Å². The Hall–Kier alpha value is -4.60. The molecule has 1 atom stereocenters. The molecule has 10 heteroatoms. The molecule has 3 amide bonds. The normalized spacial score (nSPS) is 11.7. The molecule has 0 aliphatic carbocycles. The fraction of sp³-hybridized carbons (Fsp3) is 0.200. The highest BCUT2D eigenvalue weighted by Crippen LogP contribution is 2.17. The van der Waals surface area contributed by atoms with Crippen molar-refractivity contribution in [2.45, 2.75) is 26.4 Å². The molecule has 35 heavy (non-hydrogen) atoms. The molecule has 3 rings (SSSR count). The number of hydrogen-bond acceptors (Lipinski definition) is 6. The minimum absolute atomic E-state index is 0.0336. The van der Waals surface area contributed by atoms with Gasteiger partial charge in [0.2, 0.25) is 5.91 Å². The molecule has 0 aliphatic rings. The van der Waals surface area contributed by atoms with Gasteiger partial charge < -0.3 is 29.9 Å². The van der Waals surface area contributed by atoms with Crippen LogP contribution in [0.15, 0.2) is 63.8 Å². The van der Waals surface area contributed by atoms with Crippen molar-refractivity contribution in [3.05, 3.63) is 88.8 Å². The molecular weight excluding hydrogens is 454 g/mol. The lowest BCUT2D eigenvalue weighted by atomic mass is 9.98. The largest absolute Gasteiger partial charge is 0.480 e. The summed E-state index contributed by atoms with van der Waals surface area (Å²) in [4.78, 5) is 48.5. The number of hydrogen-bond donors (Lipinski definition) is 4. The van der Waals surface area contributed by atoms with Crippen LogP contribution in [0.4, 0.5) is 0 Å². The topological polar surface area (TPSA) is 151 Å². The van der Waals surface area contributed by atoms with Crippen molar-refractivity contribution in [3.8, 4) is 0 Å². The van der Waals surface area contributed by atoms with Crippen molar-refractivity contribution in [1.29, 1.82) is 0 Å². The van der Waals surface area contributed by atoms with E-state index >= 15 is 0 Å². The molecule has 4 N–H and O–H groups in total. The third-order valence-electron chi connectivity index (χ3n) is 5.04. The molecule has 0 spiro atoms. The first-order valence-electron chi connectivity index (χ1n) is 10.7. The standard InChI is InChI=1S/C25H25N3O7/c1-15-11-17(13-26-21(29)8-7-18-5-3-9-34-18)12-16(2)22(15)24(31)28-19(25(32)33)14-27-23(30)20-6-4-10-35-20/h3-12,19H,13-14H2,1-2H3,(H,26,29)(H,27,30)(H,28,31)(H,32,33)/b8-7+. The Kier molecular flexibility index (Phi) is 8.23. The Morgan fingerprint density at radius 2 is 1.66 bits per heavy atom. The highest BCUT2D eigenvalue weighted by atomic mass is 16.4. The van der Waals surface area contributed by atoms with Gasteiger partial charge in [-0.3, -0.25) is 14.4 Å². The van der Waals surface area contributed by atoms with E-state index in [0.29, 0.717) is 22.5 Å². The number of aryl methyl sites for hydroxylation is 2. The van der Waals surface area contributed by atoms with Gasteiger partial charge in [0, 0.05) is 24.7 Å². The number of rotatable bonds is 10. The number of amides is 3. The zero-order valence-corrected chi connectivity index (χ0v) is 19.2. The van der Waals surface area contributed by atoms with Gasteiger partial charge in [0.25, 0.3) is 11.8 Å². The number of carbonyl (C=O) groups is 4. The van der Waals surface area contributed by atoms with Gasteiger partial charge in [-0.05, 0) is 60.9 Å². The van der Waals surface area contributed by atoms with Gasteiger partial charge >= 0.3 is 5.97 Å². The lowest BCUT2D eigenvalue weighted by Crippen LogP contribution is -2.48. The minimum atomic E-state index is -1.35. The van der Waals surface area contributed by atoms with Crippen LogP contribution >= 0.6 is 0 Å². The second kappa shape index (κ2) is 11.5. The maximum absolute atomic E-state index is 12.9. The second-order valence-corrected chi connectivity index (χ2v) is 7.72. The molecular formula is C25H25N3O7. The van der Waals surface area contributed by atoms with Gasteiger partial charge in [-0.1, -0.05) is 12.1 Å². The van der Waals surface area contributed by atoms with E-state index in [1.54, 1.807) is 44.2 Å². The zero-order chi connectivity index (χ0) is 25.4. The van der Waals surface area contributed by atoms with Crippen LogP contribution < -0.4 is 16.0 Å². The molecule has 0 fully saturated rings. The van der Waals surface area contributed by atoms with Crippen molar-refractivity contribution in [2.24, 2.45) is 0 Å². The van der Waals surface area contributed by atoms with E-state index in [2.05, 4.69) is 16.0 Å². The third-order valence-corrected chi connectivity index (χ3v) is 5.04. The maximum Gasteiger partial charge on any atom is 0.328 e. The molecule has 1 unspecified atom stereocenters. The summed E-state index contributed by atoms with van der Waals surface area (Å²) in [5.74, 6) is -2.19. The predicted octanol–water partition coefficient (Wildman–Crippen LogP) is 2.43. The van der Waals surface area contributed by atoms with Gasteiger partial charge in [-0.25, -0.2) is 4.79 Å². The van der Waals surface area contributed by atoms with Crippen molar-refractivity contribution in [1.82, 2.24) is 16.0 Å². The third kappa shape index (κ3) is 6.94. The zero-order valence-electron chi connectivity index (χ0n) is 19.2. The maximum atomic E-state index is 12.9. The van der Waals surface area contributed by atoms with Crippen LogP contribution in [0.1, 0.15) is 43.4 Å². The van der Waals surface area contributed by atoms with Crippen LogP contribution in [0.3, 0.4) is 0 Å². The number of aliphatic carboxylic acids is 1. The molecule has 1 aromatic carbocycles. The van der Waals surface area contributed by atoms with Crippen molar-refractivity contribution < 1.29 is 33.1 Å². The van der Waals surface area contributed by atoms with Crippen LogP contribution in [0.5, 0.6) is 0 Å². The molecule has 182 valence electrons. The SMILES string of the molecule is Cc1cc(CNC(=O)/C=C/c2ccco2)cc(C)c1C(=O)NC(CNC(=O)c1ccco1)C(=O)O. The fourth-order valence-corrected chi connectivity index (χ4v) is 3.43. The summed E-state index contributed by atoms with van der Waals surface area (Å²) in [6, 6.07) is 8.55. The number of benzene rings is 1. The molecule has 10 nitrogen and oxygen atoms in total. The van der Waals surface area contributed by atoms with E-state index in [1.807, 2.05) is 0 Å². The number of nitrogens with one attached hydrogen (secondary N) is 3. The molecule has 0 bridgehead atoms. The van der Waals surface area contributed by atoms with E-state index in [-0.39, 0.29) is 24.8 Å².